The highest BCUT2D eigenvalue weighted by molar-refractivity contribution is 5.74. The Hall–Kier alpha value is -1.71. The summed E-state index contributed by atoms with van der Waals surface area (Å²) in [6, 6.07) is 8.03. The van der Waals surface area contributed by atoms with Crippen molar-refractivity contribution in [2.75, 3.05) is 13.7 Å². The molecular formula is C11H14N2O2. The molecule has 15 heavy (non-hydrogen) atoms. The van der Waals surface area contributed by atoms with E-state index in [-0.39, 0.29) is 11.6 Å². The molecule has 1 aromatic carbocycles. The standard InChI is InChI=1S/C11H14N2O2/c1-11(7-15-10(12)13-11)8-3-5-9(14-2)6-4-8/h3-6H,7H2,1-2H3,(H2,12,13)/t11-/m1/s1. The van der Waals surface area contributed by atoms with E-state index in [0.29, 0.717) is 6.61 Å². The van der Waals surface area contributed by atoms with Gasteiger partial charge in [0.05, 0.1) is 7.11 Å². The van der Waals surface area contributed by atoms with E-state index >= 15 is 0 Å². The van der Waals surface area contributed by atoms with Gasteiger partial charge in [-0.3, -0.25) is 0 Å². The smallest absolute Gasteiger partial charge is 0.283 e. The Morgan fingerprint density at radius 2 is 2.07 bits per heavy atom. The second-order valence-electron chi connectivity index (χ2n) is 3.74. The summed E-state index contributed by atoms with van der Waals surface area (Å²) < 4.78 is 10.3. The molecule has 0 aliphatic carbocycles. The van der Waals surface area contributed by atoms with Crippen molar-refractivity contribution in [3.05, 3.63) is 29.8 Å². The van der Waals surface area contributed by atoms with Gasteiger partial charge in [0.25, 0.3) is 6.02 Å². The van der Waals surface area contributed by atoms with Crippen LogP contribution in [0.3, 0.4) is 0 Å². The number of methoxy groups -OCH3 is 1. The van der Waals surface area contributed by atoms with Gasteiger partial charge in [0.15, 0.2) is 0 Å². The van der Waals surface area contributed by atoms with Crippen molar-refractivity contribution in [1.82, 2.24) is 0 Å². The Bertz CT molecular complexity index is 386. The quantitative estimate of drug-likeness (QED) is 0.792. The second kappa shape index (κ2) is 3.46. The molecule has 1 aliphatic rings. The molecule has 0 spiro atoms. The number of rotatable bonds is 2. The van der Waals surface area contributed by atoms with Crippen molar-refractivity contribution in [2.24, 2.45) is 10.7 Å². The maximum atomic E-state index is 5.51. The number of benzene rings is 1. The minimum Gasteiger partial charge on any atom is -0.497 e. The molecule has 2 N–H and O–H groups in total. The molecule has 4 heteroatoms. The van der Waals surface area contributed by atoms with Gasteiger partial charge in [-0.25, -0.2) is 4.99 Å². The first-order valence-electron chi connectivity index (χ1n) is 4.77. The zero-order valence-electron chi connectivity index (χ0n) is 8.86. The van der Waals surface area contributed by atoms with Crippen molar-refractivity contribution in [3.8, 4) is 5.75 Å². The summed E-state index contributed by atoms with van der Waals surface area (Å²) >= 11 is 0. The maximum Gasteiger partial charge on any atom is 0.283 e. The van der Waals surface area contributed by atoms with Gasteiger partial charge in [0.1, 0.15) is 17.9 Å². The van der Waals surface area contributed by atoms with Crippen LogP contribution in [0.1, 0.15) is 12.5 Å². The van der Waals surface area contributed by atoms with Crippen LogP contribution in [0.25, 0.3) is 0 Å². The summed E-state index contributed by atoms with van der Waals surface area (Å²) in [7, 11) is 1.64. The number of ether oxygens (including phenoxy) is 2. The molecule has 0 fully saturated rings. The highest BCUT2D eigenvalue weighted by Crippen LogP contribution is 2.30. The van der Waals surface area contributed by atoms with E-state index in [9.17, 15) is 0 Å². The molecule has 1 aliphatic heterocycles. The van der Waals surface area contributed by atoms with Crippen LogP contribution in [0.5, 0.6) is 5.75 Å². The van der Waals surface area contributed by atoms with E-state index < -0.39 is 0 Å². The van der Waals surface area contributed by atoms with Gasteiger partial charge >= 0.3 is 0 Å². The number of hydrogen-bond donors (Lipinski definition) is 1. The summed E-state index contributed by atoms with van der Waals surface area (Å²) in [6.45, 7) is 2.49. The van der Waals surface area contributed by atoms with Gasteiger partial charge in [-0.1, -0.05) is 12.1 Å². The van der Waals surface area contributed by atoms with Gasteiger partial charge in [0, 0.05) is 0 Å². The highest BCUT2D eigenvalue weighted by Gasteiger charge is 2.32. The lowest BCUT2D eigenvalue weighted by atomic mass is 9.94. The van der Waals surface area contributed by atoms with Crippen molar-refractivity contribution in [3.63, 3.8) is 0 Å². The normalized spacial score (nSPS) is 24.5. The summed E-state index contributed by atoms with van der Waals surface area (Å²) in [5, 5.41) is 0. The van der Waals surface area contributed by atoms with Gasteiger partial charge in [-0.05, 0) is 24.6 Å². The van der Waals surface area contributed by atoms with Gasteiger partial charge < -0.3 is 15.2 Å². The first kappa shape index (κ1) is 9.83. The summed E-state index contributed by atoms with van der Waals surface area (Å²) in [4.78, 5) is 4.28. The summed E-state index contributed by atoms with van der Waals surface area (Å²) in [6.07, 6.45) is 0. The lowest BCUT2D eigenvalue weighted by Gasteiger charge is -2.18. The van der Waals surface area contributed by atoms with Crippen LogP contribution in [0, 0.1) is 0 Å². The fourth-order valence-electron chi connectivity index (χ4n) is 1.62. The minimum atomic E-state index is -0.365. The van der Waals surface area contributed by atoms with E-state index in [1.807, 2.05) is 31.2 Å². The molecule has 2 rings (SSSR count). The van der Waals surface area contributed by atoms with Crippen LogP contribution in [-0.2, 0) is 10.3 Å². The van der Waals surface area contributed by atoms with E-state index in [2.05, 4.69) is 4.99 Å². The van der Waals surface area contributed by atoms with Crippen LogP contribution < -0.4 is 10.5 Å². The molecular weight excluding hydrogens is 192 g/mol. The molecule has 1 atom stereocenters. The molecule has 0 unspecified atom stereocenters. The topological polar surface area (TPSA) is 56.8 Å². The predicted molar refractivity (Wildman–Crippen MR) is 57.9 cm³/mol. The zero-order valence-corrected chi connectivity index (χ0v) is 8.86. The molecule has 0 saturated carbocycles. The monoisotopic (exact) mass is 206 g/mol. The Morgan fingerprint density at radius 3 is 2.53 bits per heavy atom. The largest absolute Gasteiger partial charge is 0.497 e. The van der Waals surface area contributed by atoms with Crippen LogP contribution in [0.4, 0.5) is 0 Å². The van der Waals surface area contributed by atoms with E-state index in [1.165, 1.54) is 0 Å². The molecule has 0 radical (unpaired) electrons. The van der Waals surface area contributed by atoms with Gasteiger partial charge in [-0.2, -0.15) is 0 Å². The molecule has 1 aromatic rings. The molecule has 0 bridgehead atoms. The third-order valence-corrected chi connectivity index (χ3v) is 2.57. The predicted octanol–water partition coefficient (Wildman–Crippen LogP) is 1.26. The molecule has 0 saturated heterocycles. The maximum absolute atomic E-state index is 5.51. The Labute approximate surface area is 88.7 Å². The van der Waals surface area contributed by atoms with E-state index in [1.54, 1.807) is 7.11 Å². The second-order valence-corrected chi connectivity index (χ2v) is 3.74. The lowest BCUT2D eigenvalue weighted by Crippen LogP contribution is -2.20. The summed E-state index contributed by atoms with van der Waals surface area (Å²) in [5.41, 5.74) is 6.22. The first-order chi connectivity index (χ1) is 7.14. The average molecular weight is 206 g/mol. The minimum absolute atomic E-state index is 0.258. The highest BCUT2D eigenvalue weighted by atomic mass is 16.5. The summed E-state index contributed by atoms with van der Waals surface area (Å²) in [5.74, 6) is 0.832. The third-order valence-electron chi connectivity index (χ3n) is 2.57. The Balaban J connectivity index is 2.30. The van der Waals surface area contributed by atoms with Crippen molar-refractivity contribution >= 4 is 6.02 Å². The number of nitrogens with zero attached hydrogens (tertiary/aromatic N) is 1. The van der Waals surface area contributed by atoms with E-state index in [4.69, 9.17) is 15.2 Å². The molecule has 4 nitrogen and oxygen atoms in total. The number of hydrogen-bond acceptors (Lipinski definition) is 4. The number of nitrogens with two attached hydrogens (primary N) is 1. The number of amidine groups is 1. The van der Waals surface area contributed by atoms with E-state index in [0.717, 1.165) is 11.3 Å². The molecule has 80 valence electrons. The van der Waals surface area contributed by atoms with Crippen LogP contribution >= 0.6 is 0 Å². The van der Waals surface area contributed by atoms with Crippen LogP contribution in [0.2, 0.25) is 0 Å². The Kier molecular flexibility index (Phi) is 2.26. The molecule has 0 aromatic heterocycles. The zero-order chi connectivity index (χ0) is 10.9. The van der Waals surface area contributed by atoms with Crippen LogP contribution in [-0.4, -0.2) is 19.7 Å². The SMILES string of the molecule is COc1ccc([C@@]2(C)COC(N)=N2)cc1. The Morgan fingerprint density at radius 1 is 1.40 bits per heavy atom. The van der Waals surface area contributed by atoms with Gasteiger partial charge in [0.2, 0.25) is 0 Å². The molecule has 1 heterocycles. The van der Waals surface area contributed by atoms with Crippen molar-refractivity contribution in [1.29, 1.82) is 0 Å². The fraction of sp³-hybridized carbons (Fsp3) is 0.364. The van der Waals surface area contributed by atoms with Crippen molar-refractivity contribution < 1.29 is 9.47 Å². The lowest BCUT2D eigenvalue weighted by molar-refractivity contribution is 0.266. The van der Waals surface area contributed by atoms with Crippen LogP contribution in [0.15, 0.2) is 29.3 Å². The molecule has 0 amide bonds. The van der Waals surface area contributed by atoms with Gasteiger partial charge in [-0.15, -0.1) is 0 Å². The third kappa shape index (κ3) is 1.75. The number of aliphatic imine (C=N–C) groups is 1. The first-order valence-corrected chi connectivity index (χ1v) is 4.77. The van der Waals surface area contributed by atoms with Crippen molar-refractivity contribution in [2.45, 2.75) is 12.5 Å². The fourth-order valence-corrected chi connectivity index (χ4v) is 1.62. The average Bonchev–Trinajstić information content (AvgIpc) is 2.60.